The molecule has 1 atom stereocenters. The molecule has 1 unspecified atom stereocenters. The summed E-state index contributed by atoms with van der Waals surface area (Å²) in [6.07, 6.45) is 2.27. The van der Waals surface area contributed by atoms with Gasteiger partial charge in [-0.1, -0.05) is 6.07 Å². The first-order chi connectivity index (χ1) is 11.1. The average Bonchev–Trinajstić information content (AvgIpc) is 2.88. The molecule has 1 aromatic rings. The van der Waals surface area contributed by atoms with Gasteiger partial charge in [0.25, 0.3) is 5.91 Å². The van der Waals surface area contributed by atoms with Gasteiger partial charge in [-0.25, -0.2) is 0 Å². The van der Waals surface area contributed by atoms with Gasteiger partial charge in [-0.3, -0.25) is 4.79 Å². The van der Waals surface area contributed by atoms with Gasteiger partial charge in [0.15, 0.2) is 0 Å². The first-order valence-electron chi connectivity index (χ1n) is 8.62. The van der Waals surface area contributed by atoms with Crippen molar-refractivity contribution in [2.45, 2.75) is 26.7 Å². The molecule has 1 N–H and O–H groups in total. The van der Waals surface area contributed by atoms with Crippen molar-refractivity contribution < 1.29 is 9.53 Å². The summed E-state index contributed by atoms with van der Waals surface area (Å²) in [5, 5.41) is 3.44. The number of hydrogen-bond donors (Lipinski definition) is 1. The smallest absolute Gasteiger partial charge is 0.253 e. The molecule has 4 nitrogen and oxygen atoms in total. The lowest BCUT2D eigenvalue weighted by Gasteiger charge is -2.38. The highest BCUT2D eigenvalue weighted by molar-refractivity contribution is 5.94. The third kappa shape index (κ3) is 3.61. The lowest BCUT2D eigenvalue weighted by Crippen LogP contribution is -2.43. The molecule has 2 heterocycles. The van der Waals surface area contributed by atoms with Crippen LogP contribution in [0.25, 0.3) is 0 Å². The van der Waals surface area contributed by atoms with Crippen molar-refractivity contribution in [2.24, 2.45) is 11.3 Å². The standard InChI is InChI=1S/C19H28N2O2.ClH/c1-14-4-5-16(10-15(14)2)18(22)21-11-17(12-23-3)19(13-21)6-8-20-9-7-19;/h4-5,10,17,20H,6-9,11-13H2,1-3H3;1H. The normalized spacial score (nSPS) is 22.5. The van der Waals surface area contributed by atoms with E-state index < -0.39 is 0 Å². The monoisotopic (exact) mass is 352 g/mol. The number of amides is 1. The molecule has 2 aliphatic heterocycles. The van der Waals surface area contributed by atoms with Gasteiger partial charge in [0, 0.05) is 31.7 Å². The summed E-state index contributed by atoms with van der Waals surface area (Å²) in [5.41, 5.74) is 3.46. The van der Waals surface area contributed by atoms with Gasteiger partial charge in [0.2, 0.25) is 0 Å². The van der Waals surface area contributed by atoms with E-state index in [2.05, 4.69) is 24.1 Å². The Bertz CT molecular complexity index is 585. The highest BCUT2D eigenvalue weighted by Crippen LogP contribution is 2.43. The molecular formula is C19H29ClN2O2. The third-order valence-electron chi connectivity index (χ3n) is 5.82. The third-order valence-corrected chi connectivity index (χ3v) is 5.82. The second-order valence-electron chi connectivity index (χ2n) is 7.25. The number of hydrogen-bond acceptors (Lipinski definition) is 3. The zero-order valence-corrected chi connectivity index (χ0v) is 15.7. The molecule has 1 spiro atoms. The van der Waals surface area contributed by atoms with Crippen LogP contribution in [0.3, 0.4) is 0 Å². The number of ether oxygens (including phenoxy) is 1. The van der Waals surface area contributed by atoms with Crippen LogP contribution < -0.4 is 5.32 Å². The molecule has 0 bridgehead atoms. The highest BCUT2D eigenvalue weighted by Gasteiger charge is 2.48. The van der Waals surface area contributed by atoms with E-state index >= 15 is 0 Å². The maximum absolute atomic E-state index is 13.0. The van der Waals surface area contributed by atoms with Crippen LogP contribution in [0.5, 0.6) is 0 Å². The Kier molecular flexibility index (Phi) is 6.29. The lowest BCUT2D eigenvalue weighted by atomic mass is 9.71. The maximum Gasteiger partial charge on any atom is 0.253 e. The van der Waals surface area contributed by atoms with E-state index in [1.54, 1.807) is 7.11 Å². The first kappa shape index (κ1) is 19.2. The molecule has 2 fully saturated rings. The van der Waals surface area contributed by atoms with Crippen molar-refractivity contribution in [2.75, 3.05) is 39.9 Å². The van der Waals surface area contributed by atoms with Crippen molar-refractivity contribution in [3.05, 3.63) is 34.9 Å². The van der Waals surface area contributed by atoms with Crippen LogP contribution in [0.4, 0.5) is 0 Å². The number of methoxy groups -OCH3 is 1. The zero-order valence-electron chi connectivity index (χ0n) is 14.9. The summed E-state index contributed by atoms with van der Waals surface area (Å²) < 4.78 is 5.46. The largest absolute Gasteiger partial charge is 0.384 e. The van der Waals surface area contributed by atoms with E-state index in [-0.39, 0.29) is 23.7 Å². The summed E-state index contributed by atoms with van der Waals surface area (Å²) in [7, 11) is 1.77. The molecule has 2 aliphatic rings. The summed E-state index contributed by atoms with van der Waals surface area (Å²) in [5.74, 6) is 0.620. The topological polar surface area (TPSA) is 41.6 Å². The number of carbonyl (C=O) groups excluding carboxylic acids is 1. The Balaban J connectivity index is 0.00000208. The number of piperidine rings is 1. The van der Waals surface area contributed by atoms with Crippen LogP contribution in [0.15, 0.2) is 18.2 Å². The summed E-state index contributed by atoms with van der Waals surface area (Å²) in [6.45, 7) is 8.68. The summed E-state index contributed by atoms with van der Waals surface area (Å²) in [4.78, 5) is 15.0. The number of nitrogens with zero attached hydrogens (tertiary/aromatic N) is 1. The molecule has 2 saturated heterocycles. The molecular weight excluding hydrogens is 324 g/mol. The molecule has 0 saturated carbocycles. The molecule has 24 heavy (non-hydrogen) atoms. The minimum Gasteiger partial charge on any atom is -0.384 e. The van der Waals surface area contributed by atoms with Crippen molar-refractivity contribution >= 4 is 18.3 Å². The number of nitrogens with one attached hydrogen (secondary N) is 1. The van der Waals surface area contributed by atoms with E-state index in [9.17, 15) is 4.79 Å². The molecule has 1 aromatic carbocycles. The number of benzene rings is 1. The van der Waals surface area contributed by atoms with E-state index in [0.29, 0.717) is 5.92 Å². The predicted molar refractivity (Wildman–Crippen MR) is 99.0 cm³/mol. The van der Waals surface area contributed by atoms with Gasteiger partial charge in [-0.05, 0) is 68.5 Å². The first-order valence-corrected chi connectivity index (χ1v) is 8.62. The SMILES string of the molecule is COCC1CN(C(=O)c2ccc(C)c(C)c2)CC12CCNCC2.Cl. The maximum atomic E-state index is 13.0. The fourth-order valence-electron chi connectivity index (χ4n) is 4.17. The Labute approximate surface area is 151 Å². The number of rotatable bonds is 3. The van der Waals surface area contributed by atoms with Gasteiger partial charge >= 0.3 is 0 Å². The number of aryl methyl sites for hydroxylation is 2. The van der Waals surface area contributed by atoms with Gasteiger partial charge in [0.05, 0.1) is 6.61 Å². The van der Waals surface area contributed by atoms with Crippen molar-refractivity contribution in [1.29, 1.82) is 0 Å². The quantitative estimate of drug-likeness (QED) is 0.909. The molecule has 0 aliphatic carbocycles. The molecule has 1 amide bonds. The second kappa shape index (κ2) is 7.85. The minimum absolute atomic E-state index is 0. The molecule has 5 heteroatoms. The van der Waals surface area contributed by atoms with E-state index in [0.717, 1.165) is 51.2 Å². The van der Waals surface area contributed by atoms with Crippen molar-refractivity contribution in [3.63, 3.8) is 0 Å². The minimum atomic E-state index is 0. The second-order valence-corrected chi connectivity index (χ2v) is 7.25. The lowest BCUT2D eigenvalue weighted by molar-refractivity contribution is 0.0701. The Morgan fingerprint density at radius 2 is 2.00 bits per heavy atom. The van der Waals surface area contributed by atoms with Crippen LogP contribution in [0.2, 0.25) is 0 Å². The number of likely N-dealkylation sites (tertiary alicyclic amines) is 1. The van der Waals surface area contributed by atoms with E-state index in [4.69, 9.17) is 4.74 Å². The molecule has 134 valence electrons. The van der Waals surface area contributed by atoms with Gasteiger partial charge in [0.1, 0.15) is 0 Å². The van der Waals surface area contributed by atoms with Gasteiger partial charge in [-0.2, -0.15) is 0 Å². The Morgan fingerprint density at radius 1 is 1.29 bits per heavy atom. The summed E-state index contributed by atoms with van der Waals surface area (Å²) in [6, 6.07) is 6.03. The molecule has 3 rings (SSSR count). The van der Waals surface area contributed by atoms with Gasteiger partial charge < -0.3 is 15.0 Å². The van der Waals surface area contributed by atoms with Crippen molar-refractivity contribution in [3.8, 4) is 0 Å². The van der Waals surface area contributed by atoms with Crippen LogP contribution in [0.1, 0.15) is 34.3 Å². The number of halogens is 1. The van der Waals surface area contributed by atoms with Crippen molar-refractivity contribution in [1.82, 2.24) is 10.2 Å². The van der Waals surface area contributed by atoms with E-state index in [1.165, 1.54) is 11.1 Å². The van der Waals surface area contributed by atoms with Crippen LogP contribution in [0, 0.1) is 25.2 Å². The molecule has 0 radical (unpaired) electrons. The molecule has 0 aromatic heterocycles. The van der Waals surface area contributed by atoms with Crippen LogP contribution in [-0.2, 0) is 4.74 Å². The fourth-order valence-corrected chi connectivity index (χ4v) is 4.17. The van der Waals surface area contributed by atoms with Crippen LogP contribution >= 0.6 is 12.4 Å². The average molecular weight is 353 g/mol. The summed E-state index contributed by atoms with van der Waals surface area (Å²) >= 11 is 0. The Hall–Kier alpha value is -1.10. The Morgan fingerprint density at radius 3 is 2.62 bits per heavy atom. The van der Waals surface area contributed by atoms with Gasteiger partial charge in [-0.15, -0.1) is 12.4 Å². The van der Waals surface area contributed by atoms with Crippen LogP contribution in [-0.4, -0.2) is 50.7 Å². The fraction of sp³-hybridized carbons (Fsp3) is 0.632. The highest BCUT2D eigenvalue weighted by atomic mass is 35.5. The zero-order chi connectivity index (χ0) is 16.4. The van der Waals surface area contributed by atoms with E-state index in [1.807, 2.05) is 18.2 Å². The number of carbonyl (C=O) groups is 1. The predicted octanol–water partition coefficient (Wildman–Crippen LogP) is 2.81.